The molecular formula is C17H29NO5. The molecule has 0 aliphatic carbocycles. The first-order valence-corrected chi connectivity index (χ1v) is 8.81. The molecule has 1 amide bonds. The average molecular weight is 327 g/mol. The Labute approximate surface area is 138 Å². The molecule has 0 aromatic heterocycles. The van der Waals surface area contributed by atoms with Gasteiger partial charge in [0.25, 0.3) is 0 Å². The van der Waals surface area contributed by atoms with Crippen molar-refractivity contribution >= 4 is 5.91 Å². The lowest BCUT2D eigenvalue weighted by molar-refractivity contribution is -0.139. The third-order valence-corrected chi connectivity index (χ3v) is 5.38. The number of hydrogen-bond donors (Lipinski definition) is 0. The number of likely N-dealkylation sites (tertiary alicyclic amines) is 1. The lowest BCUT2D eigenvalue weighted by Crippen LogP contribution is -2.47. The number of hydrogen-bond acceptors (Lipinski definition) is 5. The summed E-state index contributed by atoms with van der Waals surface area (Å²) in [5.41, 5.74) is -0.0792. The van der Waals surface area contributed by atoms with Crippen LogP contribution in [0.3, 0.4) is 0 Å². The van der Waals surface area contributed by atoms with Crippen molar-refractivity contribution < 1.29 is 23.7 Å². The Bertz CT molecular complexity index is 388. The molecule has 1 unspecified atom stereocenters. The van der Waals surface area contributed by atoms with Gasteiger partial charge in [0.1, 0.15) is 6.61 Å². The van der Waals surface area contributed by atoms with E-state index in [0.717, 1.165) is 65.0 Å². The van der Waals surface area contributed by atoms with Gasteiger partial charge in [0.05, 0.1) is 24.9 Å². The molecule has 1 atom stereocenters. The SMILES string of the molecule is COCC(=O)N1CCC2(CC1)CC(OCC1CCOCC1)CO2. The Morgan fingerprint density at radius 2 is 2.00 bits per heavy atom. The molecule has 3 fully saturated rings. The fourth-order valence-corrected chi connectivity index (χ4v) is 3.82. The van der Waals surface area contributed by atoms with Crippen LogP contribution < -0.4 is 0 Å². The summed E-state index contributed by atoms with van der Waals surface area (Å²) in [5, 5.41) is 0. The van der Waals surface area contributed by atoms with Crippen LogP contribution in [-0.4, -0.2) is 75.7 Å². The summed E-state index contributed by atoms with van der Waals surface area (Å²) in [6.45, 7) is 4.94. The summed E-state index contributed by atoms with van der Waals surface area (Å²) >= 11 is 0. The van der Waals surface area contributed by atoms with E-state index in [1.807, 2.05) is 4.90 Å². The van der Waals surface area contributed by atoms with Gasteiger partial charge in [-0.2, -0.15) is 0 Å². The minimum absolute atomic E-state index is 0.0765. The van der Waals surface area contributed by atoms with Crippen LogP contribution in [0.4, 0.5) is 0 Å². The molecule has 0 aromatic carbocycles. The minimum atomic E-state index is -0.0792. The number of carbonyl (C=O) groups is 1. The predicted octanol–water partition coefficient (Wildman–Crippen LogP) is 1.23. The summed E-state index contributed by atoms with van der Waals surface area (Å²) in [6, 6.07) is 0. The maximum atomic E-state index is 11.9. The van der Waals surface area contributed by atoms with Gasteiger partial charge in [-0.1, -0.05) is 0 Å². The Hall–Kier alpha value is -0.690. The summed E-state index contributed by atoms with van der Waals surface area (Å²) in [6.07, 6.45) is 5.19. The largest absolute Gasteiger partial charge is 0.381 e. The van der Waals surface area contributed by atoms with E-state index in [1.165, 1.54) is 0 Å². The van der Waals surface area contributed by atoms with Gasteiger partial charge in [0.2, 0.25) is 5.91 Å². The molecule has 0 saturated carbocycles. The number of amides is 1. The number of carbonyl (C=O) groups excluding carboxylic acids is 1. The molecule has 3 aliphatic heterocycles. The zero-order chi connectivity index (χ0) is 16.1. The van der Waals surface area contributed by atoms with Crippen LogP contribution in [0, 0.1) is 5.92 Å². The van der Waals surface area contributed by atoms with Crippen LogP contribution in [0.1, 0.15) is 32.1 Å². The van der Waals surface area contributed by atoms with Crippen molar-refractivity contribution in [3.63, 3.8) is 0 Å². The third kappa shape index (κ3) is 4.44. The molecule has 1 spiro atoms. The zero-order valence-corrected chi connectivity index (χ0v) is 14.1. The molecule has 23 heavy (non-hydrogen) atoms. The Kier molecular flexibility index (Phi) is 5.91. The zero-order valence-electron chi connectivity index (χ0n) is 14.1. The Morgan fingerprint density at radius 1 is 1.26 bits per heavy atom. The van der Waals surface area contributed by atoms with E-state index in [0.29, 0.717) is 12.5 Å². The number of nitrogens with zero attached hydrogens (tertiary/aromatic N) is 1. The number of ether oxygens (including phenoxy) is 4. The van der Waals surface area contributed by atoms with Crippen LogP contribution >= 0.6 is 0 Å². The van der Waals surface area contributed by atoms with Gasteiger partial charge in [-0.3, -0.25) is 4.79 Å². The lowest BCUT2D eigenvalue weighted by Gasteiger charge is -2.38. The van der Waals surface area contributed by atoms with Crippen LogP contribution in [0.5, 0.6) is 0 Å². The normalized spacial score (nSPS) is 28.4. The van der Waals surface area contributed by atoms with Crippen molar-refractivity contribution in [2.45, 2.75) is 43.8 Å². The fourth-order valence-electron chi connectivity index (χ4n) is 3.82. The maximum Gasteiger partial charge on any atom is 0.248 e. The summed E-state index contributed by atoms with van der Waals surface area (Å²) in [4.78, 5) is 13.8. The highest BCUT2D eigenvalue weighted by Crippen LogP contribution is 2.37. The molecule has 0 radical (unpaired) electrons. The lowest BCUT2D eigenvalue weighted by atomic mass is 9.88. The molecule has 0 bridgehead atoms. The van der Waals surface area contributed by atoms with Gasteiger partial charge in [0.15, 0.2) is 0 Å². The second-order valence-electron chi connectivity index (χ2n) is 7.02. The topological polar surface area (TPSA) is 57.2 Å². The first-order valence-electron chi connectivity index (χ1n) is 8.81. The highest BCUT2D eigenvalue weighted by molar-refractivity contribution is 5.77. The van der Waals surface area contributed by atoms with Crippen LogP contribution in [0.25, 0.3) is 0 Å². The molecule has 0 N–H and O–H groups in total. The van der Waals surface area contributed by atoms with E-state index in [4.69, 9.17) is 18.9 Å². The Balaban J connectivity index is 1.40. The standard InChI is InChI=1S/C17H29NO5/c1-20-13-16(19)18-6-4-17(5-7-18)10-15(12-23-17)22-11-14-2-8-21-9-3-14/h14-15H,2-13H2,1H3. The summed E-state index contributed by atoms with van der Waals surface area (Å²) < 4.78 is 22.5. The first-order chi connectivity index (χ1) is 11.2. The minimum Gasteiger partial charge on any atom is -0.381 e. The van der Waals surface area contributed by atoms with Crippen LogP contribution in [0.15, 0.2) is 0 Å². The van der Waals surface area contributed by atoms with Crippen molar-refractivity contribution in [2.75, 3.05) is 53.2 Å². The second kappa shape index (κ2) is 7.92. The molecule has 0 aromatic rings. The van der Waals surface area contributed by atoms with Crippen LogP contribution in [0.2, 0.25) is 0 Å². The van der Waals surface area contributed by atoms with E-state index in [9.17, 15) is 4.79 Å². The first kappa shape index (κ1) is 17.1. The van der Waals surface area contributed by atoms with E-state index >= 15 is 0 Å². The van der Waals surface area contributed by atoms with Crippen molar-refractivity contribution in [3.05, 3.63) is 0 Å². The maximum absolute atomic E-state index is 11.9. The van der Waals surface area contributed by atoms with Crippen molar-refractivity contribution in [1.82, 2.24) is 4.90 Å². The average Bonchev–Trinajstić information content (AvgIpc) is 2.98. The number of piperidine rings is 1. The van der Waals surface area contributed by atoms with E-state index in [1.54, 1.807) is 7.11 Å². The van der Waals surface area contributed by atoms with E-state index in [-0.39, 0.29) is 24.2 Å². The number of rotatable bonds is 5. The van der Waals surface area contributed by atoms with Gasteiger partial charge in [-0.05, 0) is 31.6 Å². The van der Waals surface area contributed by atoms with Gasteiger partial charge in [-0.25, -0.2) is 0 Å². The molecule has 132 valence electrons. The molecule has 3 heterocycles. The molecule has 6 nitrogen and oxygen atoms in total. The van der Waals surface area contributed by atoms with Gasteiger partial charge < -0.3 is 23.8 Å². The number of methoxy groups -OCH3 is 1. The second-order valence-corrected chi connectivity index (χ2v) is 7.02. The van der Waals surface area contributed by atoms with Gasteiger partial charge >= 0.3 is 0 Å². The van der Waals surface area contributed by atoms with Crippen molar-refractivity contribution in [2.24, 2.45) is 5.92 Å². The highest BCUT2D eigenvalue weighted by atomic mass is 16.6. The van der Waals surface area contributed by atoms with E-state index in [2.05, 4.69) is 0 Å². The molecule has 6 heteroatoms. The quantitative estimate of drug-likeness (QED) is 0.760. The monoisotopic (exact) mass is 327 g/mol. The molecule has 3 aliphatic rings. The third-order valence-electron chi connectivity index (χ3n) is 5.38. The predicted molar refractivity (Wildman–Crippen MR) is 84.3 cm³/mol. The summed E-state index contributed by atoms with van der Waals surface area (Å²) in [7, 11) is 1.56. The van der Waals surface area contributed by atoms with Gasteiger partial charge in [0, 0.05) is 39.8 Å². The smallest absolute Gasteiger partial charge is 0.248 e. The summed E-state index contributed by atoms with van der Waals surface area (Å²) in [5.74, 6) is 0.710. The van der Waals surface area contributed by atoms with Crippen LogP contribution in [-0.2, 0) is 23.7 Å². The van der Waals surface area contributed by atoms with Crippen molar-refractivity contribution in [3.8, 4) is 0 Å². The van der Waals surface area contributed by atoms with E-state index < -0.39 is 0 Å². The van der Waals surface area contributed by atoms with Gasteiger partial charge in [-0.15, -0.1) is 0 Å². The van der Waals surface area contributed by atoms with Crippen molar-refractivity contribution in [1.29, 1.82) is 0 Å². The molecular weight excluding hydrogens is 298 g/mol. The molecule has 3 saturated heterocycles. The fraction of sp³-hybridized carbons (Fsp3) is 0.941. The molecule has 3 rings (SSSR count). The Morgan fingerprint density at radius 3 is 2.70 bits per heavy atom. The highest BCUT2D eigenvalue weighted by Gasteiger charge is 2.43.